The zero-order chi connectivity index (χ0) is 24.0. The summed E-state index contributed by atoms with van der Waals surface area (Å²) in [7, 11) is 1.21. The zero-order valence-corrected chi connectivity index (χ0v) is 21.8. The number of benzene rings is 2. The van der Waals surface area contributed by atoms with E-state index in [1.807, 2.05) is 30.3 Å². The summed E-state index contributed by atoms with van der Waals surface area (Å²) in [6, 6.07) is 14.7. The summed E-state index contributed by atoms with van der Waals surface area (Å²) >= 11 is 6.86. The highest BCUT2D eigenvalue weighted by Gasteiger charge is 2.64. The van der Waals surface area contributed by atoms with Crippen molar-refractivity contribution in [2.24, 2.45) is 0 Å². The van der Waals surface area contributed by atoms with Gasteiger partial charge in [0.2, 0.25) is 10.4 Å². The Bertz CT molecular complexity index is 1110. The van der Waals surface area contributed by atoms with Crippen molar-refractivity contribution in [2.45, 2.75) is 35.7 Å². The van der Waals surface area contributed by atoms with Crippen LogP contribution >= 0.6 is 40.9 Å². The van der Waals surface area contributed by atoms with Gasteiger partial charge >= 0.3 is 5.97 Å². The Labute approximate surface area is 211 Å². The second-order valence-corrected chi connectivity index (χ2v) is 11.6. The maximum Gasteiger partial charge on any atom is 0.345 e. The molecule has 0 aromatic heterocycles. The molecule has 2 aromatic carbocycles. The first-order chi connectivity index (χ1) is 15.6. The topological polar surface area (TPSA) is 84.0 Å². The number of fused-ring (bicyclic) bond motifs is 1. The molecule has 33 heavy (non-hydrogen) atoms. The first kappa shape index (κ1) is 24.0. The molecule has 7 nitrogen and oxygen atoms in total. The van der Waals surface area contributed by atoms with Crippen LogP contribution in [0, 0.1) is 0 Å². The number of esters is 1. The molecule has 0 radical (unpaired) electrons. The fraction of sp³-hybridized carbons (Fsp3) is 0.304. The van der Waals surface area contributed by atoms with Crippen LogP contribution in [0.2, 0.25) is 0 Å². The van der Waals surface area contributed by atoms with Crippen LogP contribution in [0.15, 0.2) is 54.6 Å². The molecule has 0 aliphatic carbocycles. The van der Waals surface area contributed by atoms with E-state index in [2.05, 4.69) is 30.7 Å². The average molecular weight is 596 g/mol. The van der Waals surface area contributed by atoms with Crippen molar-refractivity contribution >= 4 is 64.6 Å². The van der Waals surface area contributed by atoms with Gasteiger partial charge in [0.05, 0.1) is 22.4 Å². The fourth-order valence-corrected chi connectivity index (χ4v) is 6.25. The molecular weight excluding hydrogens is 576 g/mol. The van der Waals surface area contributed by atoms with E-state index in [0.717, 1.165) is 10.5 Å². The van der Waals surface area contributed by atoms with E-state index in [4.69, 9.17) is 4.74 Å². The molecular formula is C23H20Br2N2O5S. The Kier molecular flexibility index (Phi) is 6.45. The summed E-state index contributed by atoms with van der Waals surface area (Å²) in [5.74, 6) is -2.16. The smallest absolute Gasteiger partial charge is 0.345 e. The number of nitrogens with zero attached hydrogens (tertiary/aromatic N) is 2. The van der Waals surface area contributed by atoms with E-state index in [0.29, 0.717) is 0 Å². The van der Waals surface area contributed by atoms with Gasteiger partial charge in [-0.3, -0.25) is 19.3 Å². The van der Waals surface area contributed by atoms with Crippen molar-refractivity contribution in [1.29, 1.82) is 0 Å². The molecule has 10 heteroatoms. The predicted octanol–water partition coefficient (Wildman–Crippen LogP) is 4.15. The zero-order valence-electron chi connectivity index (χ0n) is 17.8. The number of amides is 3. The monoisotopic (exact) mass is 594 g/mol. The summed E-state index contributed by atoms with van der Waals surface area (Å²) in [5, 5.41) is 0. The first-order valence-electron chi connectivity index (χ1n) is 10.1. The molecule has 3 amide bonds. The second-order valence-electron chi connectivity index (χ2n) is 8.26. The molecule has 1 saturated heterocycles. The summed E-state index contributed by atoms with van der Waals surface area (Å²) in [5.41, 5.74) is 1.36. The van der Waals surface area contributed by atoms with Gasteiger partial charge in [0.1, 0.15) is 12.6 Å². The number of imide groups is 1. The number of carbonyl (C=O) groups excluding carboxylic acids is 4. The lowest BCUT2D eigenvalue weighted by atomic mass is 9.94. The molecule has 0 saturated carbocycles. The standard InChI is InChI=1S/C23H20Br2N2O5S/c1-22(2,33-25)23(24,21(31)32-13-14-8-4-3-5-9-14)26-12-17(20(26)30)27-18(28)15-10-6-7-11-16(15)19(27)29/h3-11,17H,12-13H2,1-2H3. The van der Waals surface area contributed by atoms with Gasteiger partial charge in [-0.15, -0.1) is 0 Å². The molecule has 2 atom stereocenters. The highest BCUT2D eigenvalue weighted by atomic mass is 79.9. The van der Waals surface area contributed by atoms with Crippen molar-refractivity contribution in [3.05, 3.63) is 71.3 Å². The molecule has 2 unspecified atom stereocenters. The highest BCUT2D eigenvalue weighted by molar-refractivity contribution is 9.50. The highest BCUT2D eigenvalue weighted by Crippen LogP contribution is 2.50. The Morgan fingerprint density at radius 3 is 2.09 bits per heavy atom. The van der Waals surface area contributed by atoms with Crippen LogP contribution in [0.25, 0.3) is 0 Å². The van der Waals surface area contributed by atoms with Crippen molar-refractivity contribution in [3.63, 3.8) is 0 Å². The summed E-state index contributed by atoms with van der Waals surface area (Å²) in [6.07, 6.45) is 0. The van der Waals surface area contributed by atoms with Gasteiger partial charge in [-0.1, -0.05) is 52.7 Å². The van der Waals surface area contributed by atoms with Crippen molar-refractivity contribution in [1.82, 2.24) is 9.80 Å². The molecule has 172 valence electrons. The third-order valence-corrected chi connectivity index (χ3v) is 11.0. The first-order valence-corrected chi connectivity index (χ1v) is 13.6. The molecule has 0 N–H and O–H groups in total. The predicted molar refractivity (Wildman–Crippen MR) is 131 cm³/mol. The van der Waals surface area contributed by atoms with Gasteiger partial charge < -0.3 is 9.64 Å². The normalized spacial score (nSPS) is 19.8. The third-order valence-electron chi connectivity index (χ3n) is 5.89. The van der Waals surface area contributed by atoms with Crippen molar-refractivity contribution in [2.75, 3.05) is 6.54 Å². The number of likely N-dealkylation sites (tertiary alicyclic amines) is 1. The molecule has 2 aliphatic heterocycles. The molecule has 0 bridgehead atoms. The van der Waals surface area contributed by atoms with Crippen LogP contribution in [0.1, 0.15) is 40.1 Å². The number of ether oxygens (including phenoxy) is 1. The number of hydrogen-bond donors (Lipinski definition) is 0. The molecule has 2 heterocycles. The second kappa shape index (κ2) is 8.88. The van der Waals surface area contributed by atoms with Gasteiger partial charge in [-0.25, -0.2) is 4.79 Å². The largest absolute Gasteiger partial charge is 0.458 e. The Balaban J connectivity index is 1.56. The molecule has 1 fully saturated rings. The number of β-lactam (4-membered cyclic amide) rings is 1. The summed E-state index contributed by atoms with van der Waals surface area (Å²) in [6.45, 7) is 3.62. The van der Waals surface area contributed by atoms with Crippen LogP contribution in [-0.4, -0.2) is 55.3 Å². The maximum absolute atomic E-state index is 13.3. The lowest BCUT2D eigenvalue weighted by Gasteiger charge is -2.53. The Morgan fingerprint density at radius 1 is 1.03 bits per heavy atom. The van der Waals surface area contributed by atoms with Crippen LogP contribution in [0.5, 0.6) is 0 Å². The Morgan fingerprint density at radius 2 is 1.58 bits per heavy atom. The molecule has 0 spiro atoms. The lowest BCUT2D eigenvalue weighted by molar-refractivity contribution is -0.169. The van der Waals surface area contributed by atoms with Crippen LogP contribution in [0.4, 0.5) is 0 Å². The van der Waals surface area contributed by atoms with E-state index in [9.17, 15) is 19.2 Å². The van der Waals surface area contributed by atoms with Crippen LogP contribution in [-0.2, 0) is 20.9 Å². The minimum absolute atomic E-state index is 0.00692. The number of alkyl halides is 1. The van der Waals surface area contributed by atoms with Gasteiger partial charge in [0.15, 0.2) is 0 Å². The van der Waals surface area contributed by atoms with E-state index in [1.54, 1.807) is 38.1 Å². The quantitative estimate of drug-likeness (QED) is 0.157. The summed E-state index contributed by atoms with van der Waals surface area (Å²) < 4.78 is 3.19. The number of rotatable bonds is 7. The minimum Gasteiger partial charge on any atom is -0.458 e. The Hall–Kier alpha value is -2.17. The molecule has 4 rings (SSSR count). The van der Waals surface area contributed by atoms with Crippen molar-refractivity contribution < 1.29 is 23.9 Å². The third kappa shape index (κ3) is 3.81. The van der Waals surface area contributed by atoms with E-state index in [1.165, 1.54) is 15.1 Å². The van der Waals surface area contributed by atoms with Gasteiger partial charge in [-0.2, -0.15) is 0 Å². The average Bonchev–Trinajstić information content (AvgIpc) is 3.07. The molecule has 2 aromatic rings. The SMILES string of the molecule is CC(C)(SBr)C(Br)(C(=O)OCc1ccccc1)N1CC(N2C(=O)c3ccccc3C2=O)C1=O. The van der Waals surface area contributed by atoms with Gasteiger partial charge in [0.25, 0.3) is 11.8 Å². The molecule has 2 aliphatic rings. The van der Waals surface area contributed by atoms with Crippen LogP contribution in [0.3, 0.4) is 0 Å². The lowest BCUT2D eigenvalue weighted by Crippen LogP contribution is -2.75. The van der Waals surface area contributed by atoms with E-state index < -0.39 is 38.9 Å². The van der Waals surface area contributed by atoms with E-state index >= 15 is 0 Å². The van der Waals surface area contributed by atoms with E-state index in [-0.39, 0.29) is 24.3 Å². The fourth-order valence-electron chi connectivity index (χ4n) is 3.92. The number of halogens is 2. The van der Waals surface area contributed by atoms with Crippen molar-refractivity contribution in [3.8, 4) is 0 Å². The number of carbonyl (C=O) groups is 4. The minimum atomic E-state index is -1.53. The summed E-state index contributed by atoms with van der Waals surface area (Å²) in [4.78, 5) is 54.5. The van der Waals surface area contributed by atoms with Gasteiger partial charge in [0, 0.05) is 0 Å². The van der Waals surface area contributed by atoms with Crippen LogP contribution < -0.4 is 0 Å². The number of hydrogen-bond acceptors (Lipinski definition) is 6. The maximum atomic E-state index is 13.3. The van der Waals surface area contributed by atoms with Gasteiger partial charge in [-0.05, 0) is 62.3 Å².